The Morgan fingerprint density at radius 1 is 1.27 bits per heavy atom. The Bertz CT molecular complexity index is 881. The maximum absolute atomic E-state index is 13.2. The monoisotopic (exact) mass is 377 g/mol. The molecule has 9 heteroatoms. The number of halogens is 1. The fraction of sp³-hybridized carbons (Fsp3) is 0.353. The number of benzene rings is 1. The number of amides is 3. The van der Waals surface area contributed by atoms with Crippen LogP contribution >= 0.6 is 11.6 Å². The number of ether oxygens (including phenoxy) is 1. The van der Waals surface area contributed by atoms with Crippen molar-refractivity contribution in [2.24, 2.45) is 5.10 Å². The van der Waals surface area contributed by atoms with Crippen LogP contribution in [-0.4, -0.2) is 47.1 Å². The maximum atomic E-state index is 13.2. The first kappa shape index (κ1) is 18.1. The molecule has 3 rings (SSSR count). The molecule has 0 radical (unpaired) electrons. The van der Waals surface area contributed by atoms with E-state index < -0.39 is 29.2 Å². The number of hydrogen-bond donors (Lipinski definition) is 0. The molecule has 0 unspecified atom stereocenters. The summed E-state index contributed by atoms with van der Waals surface area (Å²) in [5.74, 6) is -2.41. The Hall–Kier alpha value is -2.74. The average molecular weight is 378 g/mol. The van der Waals surface area contributed by atoms with Gasteiger partial charge in [0, 0.05) is 18.4 Å². The van der Waals surface area contributed by atoms with Crippen LogP contribution < -0.4 is 4.90 Å². The van der Waals surface area contributed by atoms with Crippen LogP contribution in [0.2, 0.25) is 5.02 Å². The number of anilines is 1. The molecule has 2 heterocycles. The molecule has 2 aliphatic rings. The maximum Gasteiger partial charge on any atom is 0.354 e. The largest absolute Gasteiger partial charge is 0.464 e. The van der Waals surface area contributed by atoms with Crippen LogP contribution in [0.5, 0.6) is 0 Å². The number of carbonyl (C=O) groups excluding carboxylic acids is 4. The summed E-state index contributed by atoms with van der Waals surface area (Å²) in [7, 11) is 1.18. The summed E-state index contributed by atoms with van der Waals surface area (Å²) >= 11 is 6.10. The van der Waals surface area contributed by atoms with Crippen LogP contribution in [0.3, 0.4) is 0 Å². The lowest BCUT2D eigenvalue weighted by atomic mass is 9.91. The van der Waals surface area contributed by atoms with Gasteiger partial charge in [-0.25, -0.2) is 14.7 Å². The SMILES string of the molecule is COC(=O)C1=NN(C(C)=O)[C@]2(CC(=O)N(c3ccc(C)c(Cl)c3)C2=O)C1. The van der Waals surface area contributed by atoms with Gasteiger partial charge in [-0.3, -0.25) is 14.4 Å². The van der Waals surface area contributed by atoms with Crippen molar-refractivity contribution in [1.29, 1.82) is 0 Å². The first-order chi connectivity index (χ1) is 12.2. The lowest BCUT2D eigenvalue weighted by molar-refractivity contribution is -0.141. The van der Waals surface area contributed by atoms with Gasteiger partial charge in [-0.15, -0.1) is 0 Å². The molecular formula is C17H16ClN3O5. The molecule has 1 aromatic carbocycles. The van der Waals surface area contributed by atoms with Crippen LogP contribution in [-0.2, 0) is 23.9 Å². The minimum Gasteiger partial charge on any atom is -0.464 e. The second-order valence-corrected chi connectivity index (χ2v) is 6.63. The third-order valence-corrected chi connectivity index (χ3v) is 4.92. The lowest BCUT2D eigenvalue weighted by Gasteiger charge is -2.29. The Labute approximate surface area is 154 Å². The molecule has 1 fully saturated rings. The van der Waals surface area contributed by atoms with Crippen LogP contribution in [0.1, 0.15) is 25.3 Å². The minimum atomic E-state index is -1.55. The zero-order valence-corrected chi connectivity index (χ0v) is 15.2. The molecule has 0 aromatic heterocycles. The molecular weight excluding hydrogens is 362 g/mol. The predicted molar refractivity (Wildman–Crippen MR) is 92.6 cm³/mol. The van der Waals surface area contributed by atoms with E-state index in [0.29, 0.717) is 10.7 Å². The first-order valence-electron chi connectivity index (χ1n) is 7.81. The molecule has 0 N–H and O–H groups in total. The van der Waals surface area contributed by atoms with Gasteiger partial charge in [0.05, 0.1) is 19.2 Å². The van der Waals surface area contributed by atoms with Crippen molar-refractivity contribution >= 4 is 46.7 Å². The van der Waals surface area contributed by atoms with Gasteiger partial charge < -0.3 is 4.74 Å². The highest BCUT2D eigenvalue weighted by atomic mass is 35.5. The average Bonchev–Trinajstić information content (AvgIpc) is 3.08. The number of carbonyl (C=O) groups is 4. The Morgan fingerprint density at radius 3 is 2.54 bits per heavy atom. The molecule has 0 aliphatic carbocycles. The number of esters is 1. The molecule has 1 saturated heterocycles. The Kier molecular flexibility index (Phi) is 4.31. The number of methoxy groups -OCH3 is 1. The minimum absolute atomic E-state index is 0.0763. The summed E-state index contributed by atoms with van der Waals surface area (Å²) in [6.07, 6.45) is -0.458. The molecule has 2 aliphatic heterocycles. The molecule has 8 nitrogen and oxygen atoms in total. The summed E-state index contributed by atoms with van der Waals surface area (Å²) in [4.78, 5) is 50.6. The first-order valence-corrected chi connectivity index (χ1v) is 8.19. The zero-order valence-electron chi connectivity index (χ0n) is 14.4. The summed E-state index contributed by atoms with van der Waals surface area (Å²) in [5, 5.41) is 5.26. The number of imide groups is 1. The van der Waals surface area contributed by atoms with E-state index in [1.165, 1.54) is 20.1 Å². The molecule has 0 saturated carbocycles. The van der Waals surface area contributed by atoms with Gasteiger partial charge >= 0.3 is 5.97 Å². The van der Waals surface area contributed by atoms with E-state index in [1.807, 2.05) is 0 Å². The van der Waals surface area contributed by atoms with Crippen molar-refractivity contribution in [3.63, 3.8) is 0 Å². The van der Waals surface area contributed by atoms with E-state index in [1.54, 1.807) is 19.1 Å². The summed E-state index contributed by atoms with van der Waals surface area (Å²) < 4.78 is 4.63. The smallest absolute Gasteiger partial charge is 0.354 e. The normalized spacial score (nSPS) is 22.2. The second-order valence-electron chi connectivity index (χ2n) is 6.22. The van der Waals surface area contributed by atoms with E-state index >= 15 is 0 Å². The van der Waals surface area contributed by atoms with E-state index in [9.17, 15) is 19.2 Å². The van der Waals surface area contributed by atoms with Crippen molar-refractivity contribution in [3.05, 3.63) is 28.8 Å². The third-order valence-electron chi connectivity index (χ3n) is 4.51. The zero-order chi connectivity index (χ0) is 19.2. The number of rotatable bonds is 2. The second kappa shape index (κ2) is 6.21. The van der Waals surface area contributed by atoms with E-state index in [4.69, 9.17) is 11.6 Å². The number of hydrazone groups is 1. The standard InChI is InChI=1S/C17H16ClN3O5/c1-9-4-5-11(6-12(9)18)20-14(23)8-17(16(20)25)7-13(15(24)26-3)19-21(17)10(2)22/h4-6H,7-8H2,1-3H3/t17-/m0/s1. The van der Waals surface area contributed by atoms with Gasteiger partial charge in [-0.2, -0.15) is 5.10 Å². The third kappa shape index (κ3) is 2.57. The van der Waals surface area contributed by atoms with Crippen molar-refractivity contribution in [1.82, 2.24) is 5.01 Å². The van der Waals surface area contributed by atoms with Crippen LogP contribution in [0.4, 0.5) is 5.69 Å². The van der Waals surface area contributed by atoms with Crippen molar-refractivity contribution in [2.75, 3.05) is 12.0 Å². The van der Waals surface area contributed by atoms with Gasteiger partial charge in [-0.1, -0.05) is 17.7 Å². The van der Waals surface area contributed by atoms with Crippen LogP contribution in [0.25, 0.3) is 0 Å². The van der Waals surface area contributed by atoms with Gasteiger partial charge in [0.2, 0.25) is 11.8 Å². The van der Waals surface area contributed by atoms with Crippen molar-refractivity contribution < 1.29 is 23.9 Å². The Morgan fingerprint density at radius 2 is 1.96 bits per heavy atom. The van der Waals surface area contributed by atoms with Crippen LogP contribution in [0.15, 0.2) is 23.3 Å². The van der Waals surface area contributed by atoms with E-state index in [0.717, 1.165) is 15.5 Å². The molecule has 1 spiro atoms. The molecule has 26 heavy (non-hydrogen) atoms. The molecule has 1 aromatic rings. The van der Waals surface area contributed by atoms with E-state index in [-0.39, 0.29) is 18.6 Å². The molecule has 3 amide bonds. The van der Waals surface area contributed by atoms with Gasteiger partial charge in [0.25, 0.3) is 5.91 Å². The summed E-state index contributed by atoms with van der Waals surface area (Å²) in [6.45, 7) is 3.01. The fourth-order valence-corrected chi connectivity index (χ4v) is 3.39. The molecule has 0 bridgehead atoms. The fourth-order valence-electron chi connectivity index (χ4n) is 3.22. The van der Waals surface area contributed by atoms with Gasteiger partial charge in [-0.05, 0) is 24.6 Å². The highest BCUT2D eigenvalue weighted by molar-refractivity contribution is 6.39. The van der Waals surface area contributed by atoms with Crippen LogP contribution in [0, 0.1) is 6.92 Å². The highest BCUT2D eigenvalue weighted by Gasteiger charge is 2.61. The predicted octanol–water partition coefficient (Wildman–Crippen LogP) is 1.43. The van der Waals surface area contributed by atoms with Crippen molar-refractivity contribution in [2.45, 2.75) is 32.2 Å². The number of hydrogen-bond acceptors (Lipinski definition) is 6. The topological polar surface area (TPSA) is 96.3 Å². The summed E-state index contributed by atoms with van der Waals surface area (Å²) in [6, 6.07) is 4.81. The quantitative estimate of drug-likeness (QED) is 0.573. The van der Waals surface area contributed by atoms with Gasteiger partial charge in [0.1, 0.15) is 5.71 Å². The lowest BCUT2D eigenvalue weighted by Crippen LogP contribution is -2.51. The molecule has 1 atom stereocenters. The van der Waals surface area contributed by atoms with E-state index in [2.05, 4.69) is 9.84 Å². The van der Waals surface area contributed by atoms with Crippen molar-refractivity contribution in [3.8, 4) is 0 Å². The molecule has 136 valence electrons. The number of nitrogens with zero attached hydrogens (tertiary/aromatic N) is 3. The number of aryl methyl sites for hydroxylation is 1. The highest BCUT2D eigenvalue weighted by Crippen LogP contribution is 2.41. The van der Waals surface area contributed by atoms with Gasteiger partial charge in [0.15, 0.2) is 5.54 Å². The summed E-state index contributed by atoms with van der Waals surface area (Å²) in [5.41, 5.74) is -0.522. The Balaban J connectivity index is 2.03.